The fraction of sp³-hybridized carbons (Fsp3) is 0.353. The van der Waals surface area contributed by atoms with E-state index in [2.05, 4.69) is 31.3 Å². The van der Waals surface area contributed by atoms with Crippen molar-refractivity contribution in [2.75, 3.05) is 13.1 Å². The first-order valence-corrected chi connectivity index (χ1v) is 7.18. The van der Waals surface area contributed by atoms with E-state index in [1.54, 1.807) is 0 Å². The lowest BCUT2D eigenvalue weighted by molar-refractivity contribution is 0.0616. The van der Waals surface area contributed by atoms with E-state index in [4.69, 9.17) is 0 Å². The Balaban J connectivity index is 1.91. The summed E-state index contributed by atoms with van der Waals surface area (Å²) in [5.74, 6) is 0.136. The summed E-state index contributed by atoms with van der Waals surface area (Å²) in [6.45, 7) is 5.84. The van der Waals surface area contributed by atoms with Crippen LogP contribution in [-0.4, -0.2) is 36.0 Å². The van der Waals surface area contributed by atoms with Crippen molar-refractivity contribution in [1.82, 2.24) is 10.2 Å². The van der Waals surface area contributed by atoms with Crippen molar-refractivity contribution in [1.29, 1.82) is 0 Å². The molecule has 0 radical (unpaired) electrons. The minimum atomic E-state index is 0.136. The number of amides is 1. The van der Waals surface area contributed by atoms with Crippen molar-refractivity contribution in [3.8, 4) is 0 Å². The highest BCUT2D eigenvalue weighted by Crippen LogP contribution is 2.18. The van der Waals surface area contributed by atoms with Gasteiger partial charge in [-0.3, -0.25) is 4.79 Å². The molecule has 1 fully saturated rings. The standard InChI is InChI=1S/C17H20N2O/c1-12-11-19(13(2)10-18-12)17(20)16-8-7-14-5-3-4-6-15(14)9-16/h3-9,12-13,18H,10-11H2,1-2H3/t12-,13+/m0/s1. The molecule has 0 aliphatic carbocycles. The lowest BCUT2D eigenvalue weighted by Gasteiger charge is -2.37. The summed E-state index contributed by atoms with van der Waals surface area (Å²) in [7, 11) is 0. The fourth-order valence-electron chi connectivity index (χ4n) is 2.79. The molecule has 2 atom stereocenters. The summed E-state index contributed by atoms with van der Waals surface area (Å²) >= 11 is 0. The number of carbonyl (C=O) groups excluding carboxylic acids is 1. The topological polar surface area (TPSA) is 32.3 Å². The molecule has 2 aromatic rings. The number of nitrogens with one attached hydrogen (secondary N) is 1. The van der Waals surface area contributed by atoms with Crippen LogP contribution in [0.1, 0.15) is 24.2 Å². The molecule has 1 amide bonds. The van der Waals surface area contributed by atoms with Crippen molar-refractivity contribution < 1.29 is 4.79 Å². The summed E-state index contributed by atoms with van der Waals surface area (Å²) in [5, 5.41) is 5.70. The summed E-state index contributed by atoms with van der Waals surface area (Å²) in [6, 6.07) is 14.7. The third kappa shape index (κ3) is 2.41. The highest BCUT2D eigenvalue weighted by Gasteiger charge is 2.27. The van der Waals surface area contributed by atoms with Gasteiger partial charge >= 0.3 is 0 Å². The molecule has 1 N–H and O–H groups in total. The average molecular weight is 268 g/mol. The van der Waals surface area contributed by atoms with Gasteiger partial charge in [0.15, 0.2) is 0 Å². The molecule has 0 spiro atoms. The predicted octanol–water partition coefficient (Wildman–Crippen LogP) is 2.66. The van der Waals surface area contributed by atoms with Crippen LogP contribution in [0.5, 0.6) is 0 Å². The van der Waals surface area contributed by atoms with Gasteiger partial charge in [0.2, 0.25) is 0 Å². The van der Waals surface area contributed by atoms with Gasteiger partial charge in [0.1, 0.15) is 0 Å². The zero-order chi connectivity index (χ0) is 14.1. The molecule has 3 rings (SSSR count). The van der Waals surface area contributed by atoms with Crippen molar-refractivity contribution in [3.63, 3.8) is 0 Å². The molecule has 20 heavy (non-hydrogen) atoms. The summed E-state index contributed by atoms with van der Waals surface area (Å²) in [6.07, 6.45) is 0. The Kier molecular flexibility index (Phi) is 3.45. The molecule has 0 aromatic heterocycles. The van der Waals surface area contributed by atoms with Crippen molar-refractivity contribution >= 4 is 16.7 Å². The summed E-state index contributed by atoms with van der Waals surface area (Å²) in [4.78, 5) is 14.7. The van der Waals surface area contributed by atoms with Gasteiger partial charge in [-0.15, -0.1) is 0 Å². The Morgan fingerprint density at radius 1 is 1.15 bits per heavy atom. The largest absolute Gasteiger partial charge is 0.333 e. The highest BCUT2D eigenvalue weighted by atomic mass is 16.2. The molecule has 1 saturated heterocycles. The number of hydrogen-bond acceptors (Lipinski definition) is 2. The summed E-state index contributed by atoms with van der Waals surface area (Å²) in [5.41, 5.74) is 0.782. The van der Waals surface area contributed by atoms with Crippen LogP contribution in [0, 0.1) is 0 Å². The van der Waals surface area contributed by atoms with E-state index in [9.17, 15) is 4.79 Å². The Labute approximate surface area is 119 Å². The first-order valence-electron chi connectivity index (χ1n) is 7.18. The number of nitrogens with zero attached hydrogens (tertiary/aromatic N) is 1. The second-order valence-electron chi connectivity index (χ2n) is 5.68. The van der Waals surface area contributed by atoms with Crippen LogP contribution < -0.4 is 5.32 Å². The second kappa shape index (κ2) is 5.25. The Morgan fingerprint density at radius 3 is 2.70 bits per heavy atom. The third-order valence-corrected chi connectivity index (χ3v) is 4.02. The van der Waals surface area contributed by atoms with E-state index in [-0.39, 0.29) is 11.9 Å². The predicted molar refractivity (Wildman–Crippen MR) is 81.9 cm³/mol. The Bertz CT molecular complexity index is 638. The number of benzene rings is 2. The molecule has 0 saturated carbocycles. The van der Waals surface area contributed by atoms with Crippen molar-refractivity contribution in [2.45, 2.75) is 25.9 Å². The first kappa shape index (κ1) is 13.1. The minimum Gasteiger partial charge on any atom is -0.333 e. The summed E-state index contributed by atoms with van der Waals surface area (Å²) < 4.78 is 0. The molecular weight excluding hydrogens is 248 g/mol. The van der Waals surface area contributed by atoms with Gasteiger partial charge in [-0.25, -0.2) is 0 Å². The van der Waals surface area contributed by atoms with E-state index in [1.807, 2.05) is 35.2 Å². The number of rotatable bonds is 1. The maximum Gasteiger partial charge on any atom is 0.254 e. The molecule has 104 valence electrons. The van der Waals surface area contributed by atoms with Crippen LogP contribution in [0.25, 0.3) is 10.8 Å². The van der Waals surface area contributed by atoms with E-state index in [1.165, 1.54) is 5.39 Å². The van der Waals surface area contributed by atoms with Crippen molar-refractivity contribution in [2.24, 2.45) is 0 Å². The Morgan fingerprint density at radius 2 is 1.90 bits per heavy atom. The number of carbonyl (C=O) groups is 1. The van der Waals surface area contributed by atoms with E-state index in [0.717, 1.165) is 24.0 Å². The maximum absolute atomic E-state index is 12.7. The van der Waals surface area contributed by atoms with E-state index >= 15 is 0 Å². The van der Waals surface area contributed by atoms with Crippen LogP contribution >= 0.6 is 0 Å². The van der Waals surface area contributed by atoms with Gasteiger partial charge in [-0.05, 0) is 36.8 Å². The fourth-order valence-corrected chi connectivity index (χ4v) is 2.79. The monoisotopic (exact) mass is 268 g/mol. The molecule has 1 aliphatic heterocycles. The number of fused-ring (bicyclic) bond motifs is 1. The molecule has 2 aromatic carbocycles. The Hall–Kier alpha value is -1.87. The smallest absolute Gasteiger partial charge is 0.254 e. The first-order chi connectivity index (χ1) is 9.65. The van der Waals surface area contributed by atoms with E-state index < -0.39 is 0 Å². The third-order valence-electron chi connectivity index (χ3n) is 4.02. The van der Waals surface area contributed by atoms with Gasteiger partial charge < -0.3 is 10.2 Å². The zero-order valence-corrected chi connectivity index (χ0v) is 12.0. The van der Waals surface area contributed by atoms with Crippen LogP contribution in [0.15, 0.2) is 42.5 Å². The molecule has 0 bridgehead atoms. The second-order valence-corrected chi connectivity index (χ2v) is 5.68. The molecule has 3 heteroatoms. The quantitative estimate of drug-likeness (QED) is 0.862. The van der Waals surface area contributed by atoms with Crippen molar-refractivity contribution in [3.05, 3.63) is 48.0 Å². The van der Waals surface area contributed by atoms with E-state index in [0.29, 0.717) is 6.04 Å². The highest BCUT2D eigenvalue weighted by molar-refractivity contribution is 5.98. The average Bonchev–Trinajstić information content (AvgIpc) is 2.48. The number of piperazine rings is 1. The molecular formula is C17H20N2O. The SMILES string of the molecule is C[C@@H]1CN[C@@H](C)CN1C(=O)c1ccc2ccccc2c1. The van der Waals surface area contributed by atoms with Gasteiger partial charge in [0, 0.05) is 30.7 Å². The zero-order valence-electron chi connectivity index (χ0n) is 12.0. The van der Waals surface area contributed by atoms with Gasteiger partial charge in [-0.1, -0.05) is 30.3 Å². The molecule has 1 aliphatic rings. The maximum atomic E-state index is 12.7. The van der Waals surface area contributed by atoms with Crippen LogP contribution in [0.2, 0.25) is 0 Å². The van der Waals surface area contributed by atoms with Crippen LogP contribution in [0.4, 0.5) is 0 Å². The molecule has 1 heterocycles. The van der Waals surface area contributed by atoms with Gasteiger partial charge in [0.25, 0.3) is 5.91 Å². The molecule has 3 nitrogen and oxygen atoms in total. The normalized spacial score (nSPS) is 23.0. The van der Waals surface area contributed by atoms with Crippen LogP contribution in [-0.2, 0) is 0 Å². The number of hydrogen-bond donors (Lipinski definition) is 1. The minimum absolute atomic E-state index is 0.136. The molecule has 0 unspecified atom stereocenters. The van der Waals surface area contributed by atoms with Crippen LogP contribution in [0.3, 0.4) is 0 Å². The lowest BCUT2D eigenvalue weighted by Crippen LogP contribution is -2.56. The van der Waals surface area contributed by atoms with Gasteiger partial charge in [-0.2, -0.15) is 0 Å². The lowest BCUT2D eigenvalue weighted by atomic mass is 10.0. The van der Waals surface area contributed by atoms with Gasteiger partial charge in [0.05, 0.1) is 0 Å².